The zero-order valence-corrected chi connectivity index (χ0v) is 12.5. The number of rotatable bonds is 4. The van der Waals surface area contributed by atoms with E-state index >= 15 is 0 Å². The number of carbonyl (C=O) groups excluding carboxylic acids is 1. The fourth-order valence-electron chi connectivity index (χ4n) is 2.32. The fourth-order valence-corrected chi connectivity index (χ4v) is 3.81. The van der Waals surface area contributed by atoms with Crippen molar-refractivity contribution in [2.24, 2.45) is 5.73 Å². The lowest BCUT2D eigenvalue weighted by atomic mass is 10.0. The number of hydrogen-bond donors (Lipinski definition) is 3. The van der Waals surface area contributed by atoms with Gasteiger partial charge in [0.25, 0.3) is 0 Å². The van der Waals surface area contributed by atoms with Crippen LogP contribution in [0.1, 0.15) is 18.4 Å². The lowest BCUT2D eigenvalue weighted by molar-refractivity contribution is -0.123. The zero-order chi connectivity index (χ0) is 15.5. The number of phenols is 1. The minimum atomic E-state index is -2.93. The molecule has 1 aromatic carbocycles. The first-order valence-electron chi connectivity index (χ1n) is 6.90. The van der Waals surface area contributed by atoms with Crippen LogP contribution in [-0.4, -0.2) is 43.0 Å². The van der Waals surface area contributed by atoms with E-state index in [1.54, 1.807) is 24.3 Å². The van der Waals surface area contributed by atoms with Crippen LogP contribution in [0.15, 0.2) is 24.3 Å². The standard InChI is InChI=1S/C14H20N2O4S/c15-13(9-10-1-3-12(17)4-2-10)14(18)16-11-5-7-21(19,20)8-6-11/h1-4,11,13,17H,5-9,15H2,(H,16,18)/t13-/m1/s1. The summed E-state index contributed by atoms with van der Waals surface area (Å²) in [6.45, 7) is 0. The van der Waals surface area contributed by atoms with Gasteiger partial charge >= 0.3 is 0 Å². The lowest BCUT2D eigenvalue weighted by Crippen LogP contribution is -2.48. The molecule has 21 heavy (non-hydrogen) atoms. The van der Waals surface area contributed by atoms with Gasteiger partial charge in [0.05, 0.1) is 17.5 Å². The fraction of sp³-hybridized carbons (Fsp3) is 0.500. The highest BCUT2D eigenvalue weighted by molar-refractivity contribution is 7.91. The molecule has 4 N–H and O–H groups in total. The minimum Gasteiger partial charge on any atom is -0.508 e. The van der Waals surface area contributed by atoms with E-state index in [0.717, 1.165) is 5.56 Å². The first kappa shape index (κ1) is 15.8. The maximum Gasteiger partial charge on any atom is 0.237 e. The van der Waals surface area contributed by atoms with Crippen LogP contribution in [0.25, 0.3) is 0 Å². The van der Waals surface area contributed by atoms with Crippen LogP contribution in [0, 0.1) is 0 Å². The van der Waals surface area contributed by atoms with E-state index in [2.05, 4.69) is 5.32 Å². The number of nitrogens with two attached hydrogens (primary N) is 1. The van der Waals surface area contributed by atoms with Crippen molar-refractivity contribution < 1.29 is 18.3 Å². The predicted octanol–water partition coefficient (Wildman–Crippen LogP) is -0.0446. The number of nitrogens with one attached hydrogen (secondary N) is 1. The third kappa shape index (κ3) is 4.71. The van der Waals surface area contributed by atoms with Gasteiger partial charge in [-0.2, -0.15) is 0 Å². The highest BCUT2D eigenvalue weighted by atomic mass is 32.2. The Morgan fingerprint density at radius 1 is 1.29 bits per heavy atom. The summed E-state index contributed by atoms with van der Waals surface area (Å²) < 4.78 is 22.7. The Morgan fingerprint density at radius 2 is 1.86 bits per heavy atom. The maximum atomic E-state index is 12.0. The summed E-state index contributed by atoms with van der Waals surface area (Å²) in [6, 6.07) is 5.73. The van der Waals surface area contributed by atoms with Crippen LogP contribution in [0.5, 0.6) is 5.75 Å². The van der Waals surface area contributed by atoms with Crippen LogP contribution in [0.2, 0.25) is 0 Å². The third-order valence-electron chi connectivity index (χ3n) is 3.63. The number of phenolic OH excluding ortho intramolecular Hbond substituents is 1. The number of amides is 1. The second-order valence-corrected chi connectivity index (χ2v) is 7.72. The molecule has 1 aliphatic heterocycles. The zero-order valence-electron chi connectivity index (χ0n) is 11.7. The Labute approximate surface area is 124 Å². The smallest absolute Gasteiger partial charge is 0.237 e. The number of sulfone groups is 1. The summed E-state index contributed by atoms with van der Waals surface area (Å²) in [7, 11) is -2.93. The average molecular weight is 312 g/mol. The summed E-state index contributed by atoms with van der Waals surface area (Å²) in [4.78, 5) is 12.0. The van der Waals surface area contributed by atoms with Gasteiger partial charge in [0, 0.05) is 6.04 Å². The largest absolute Gasteiger partial charge is 0.508 e. The van der Waals surface area contributed by atoms with E-state index < -0.39 is 15.9 Å². The summed E-state index contributed by atoms with van der Waals surface area (Å²) >= 11 is 0. The number of aromatic hydroxyl groups is 1. The number of benzene rings is 1. The maximum absolute atomic E-state index is 12.0. The molecule has 7 heteroatoms. The van der Waals surface area contributed by atoms with Crippen molar-refractivity contribution in [1.82, 2.24) is 5.32 Å². The van der Waals surface area contributed by atoms with Gasteiger partial charge in [0.2, 0.25) is 5.91 Å². The molecule has 0 spiro atoms. The Hall–Kier alpha value is -1.60. The first-order valence-corrected chi connectivity index (χ1v) is 8.72. The molecule has 1 saturated heterocycles. The summed E-state index contributed by atoms with van der Waals surface area (Å²) in [5.74, 6) is 0.128. The van der Waals surface area contributed by atoms with Gasteiger partial charge in [-0.05, 0) is 37.0 Å². The Bertz CT molecular complexity index is 584. The first-order chi connectivity index (χ1) is 9.85. The van der Waals surface area contributed by atoms with Crippen molar-refractivity contribution in [2.45, 2.75) is 31.3 Å². The van der Waals surface area contributed by atoms with Crippen LogP contribution in [0.3, 0.4) is 0 Å². The molecule has 1 aromatic rings. The second kappa shape index (κ2) is 6.44. The molecule has 1 atom stereocenters. The Morgan fingerprint density at radius 3 is 2.43 bits per heavy atom. The summed E-state index contributed by atoms with van der Waals surface area (Å²) in [6.07, 6.45) is 1.26. The van der Waals surface area contributed by atoms with Gasteiger partial charge in [-0.3, -0.25) is 4.79 Å². The average Bonchev–Trinajstić information content (AvgIpc) is 2.43. The monoisotopic (exact) mass is 312 g/mol. The van der Waals surface area contributed by atoms with Crippen molar-refractivity contribution in [3.05, 3.63) is 29.8 Å². The lowest BCUT2D eigenvalue weighted by Gasteiger charge is -2.24. The molecule has 0 unspecified atom stereocenters. The highest BCUT2D eigenvalue weighted by Gasteiger charge is 2.26. The molecule has 0 saturated carbocycles. The van der Waals surface area contributed by atoms with Crippen molar-refractivity contribution in [3.63, 3.8) is 0 Å². The quantitative estimate of drug-likeness (QED) is 0.722. The number of hydrogen-bond acceptors (Lipinski definition) is 5. The second-order valence-electron chi connectivity index (χ2n) is 5.41. The van der Waals surface area contributed by atoms with Crippen LogP contribution in [-0.2, 0) is 21.1 Å². The van der Waals surface area contributed by atoms with Crippen molar-refractivity contribution in [3.8, 4) is 5.75 Å². The topological polar surface area (TPSA) is 109 Å². The van der Waals surface area contributed by atoms with Crippen molar-refractivity contribution in [2.75, 3.05) is 11.5 Å². The van der Waals surface area contributed by atoms with Gasteiger partial charge in [0.15, 0.2) is 0 Å². The molecular formula is C14H20N2O4S. The summed E-state index contributed by atoms with van der Waals surface area (Å²) in [5.41, 5.74) is 6.73. The van der Waals surface area contributed by atoms with E-state index in [9.17, 15) is 18.3 Å². The van der Waals surface area contributed by atoms with Crippen LogP contribution < -0.4 is 11.1 Å². The van der Waals surface area contributed by atoms with Crippen molar-refractivity contribution in [1.29, 1.82) is 0 Å². The van der Waals surface area contributed by atoms with Crippen LogP contribution in [0.4, 0.5) is 0 Å². The molecule has 0 aromatic heterocycles. The van der Waals surface area contributed by atoms with E-state index in [4.69, 9.17) is 5.73 Å². The highest BCUT2D eigenvalue weighted by Crippen LogP contribution is 2.13. The van der Waals surface area contributed by atoms with E-state index in [1.165, 1.54) is 0 Å². The molecule has 1 amide bonds. The Kier molecular flexibility index (Phi) is 4.84. The Balaban J connectivity index is 1.84. The van der Waals surface area contributed by atoms with Crippen molar-refractivity contribution >= 4 is 15.7 Å². The van der Waals surface area contributed by atoms with Gasteiger partial charge in [-0.1, -0.05) is 12.1 Å². The molecule has 1 heterocycles. The number of carbonyl (C=O) groups is 1. The van der Waals surface area contributed by atoms with Crippen LogP contribution >= 0.6 is 0 Å². The SMILES string of the molecule is N[C@H](Cc1ccc(O)cc1)C(=O)NC1CCS(=O)(=O)CC1. The molecule has 0 radical (unpaired) electrons. The van der Waals surface area contributed by atoms with Gasteiger partial charge in [-0.15, -0.1) is 0 Å². The third-order valence-corrected chi connectivity index (χ3v) is 5.35. The molecular weight excluding hydrogens is 292 g/mol. The molecule has 116 valence electrons. The molecule has 0 aliphatic carbocycles. The molecule has 1 fully saturated rings. The molecule has 1 aliphatic rings. The molecule has 0 bridgehead atoms. The predicted molar refractivity (Wildman–Crippen MR) is 79.6 cm³/mol. The normalized spacial score (nSPS) is 19.9. The van der Waals surface area contributed by atoms with Gasteiger partial charge in [-0.25, -0.2) is 8.42 Å². The minimum absolute atomic E-state index is 0.116. The van der Waals surface area contributed by atoms with Gasteiger partial charge < -0.3 is 16.2 Å². The van der Waals surface area contributed by atoms with E-state index in [0.29, 0.717) is 19.3 Å². The summed E-state index contributed by atoms with van der Waals surface area (Å²) in [5, 5.41) is 12.0. The molecule has 6 nitrogen and oxygen atoms in total. The van der Waals surface area contributed by atoms with E-state index in [-0.39, 0.29) is 29.2 Å². The molecule has 2 rings (SSSR count). The van der Waals surface area contributed by atoms with E-state index in [1.807, 2.05) is 0 Å². The van der Waals surface area contributed by atoms with Gasteiger partial charge in [0.1, 0.15) is 15.6 Å².